The highest BCUT2D eigenvalue weighted by Gasteiger charge is 2.39. The van der Waals surface area contributed by atoms with E-state index in [4.69, 9.17) is 4.98 Å². The van der Waals surface area contributed by atoms with Crippen LogP contribution in [0.4, 0.5) is 5.13 Å². The van der Waals surface area contributed by atoms with E-state index in [-0.39, 0.29) is 0 Å². The lowest BCUT2D eigenvalue weighted by molar-refractivity contribution is 0.465. The largest absolute Gasteiger partial charge is 0.345 e. The molecule has 1 N–H and O–H groups in total. The number of thiazole rings is 1. The first-order valence-corrected chi connectivity index (χ1v) is 8.66. The fraction of sp³-hybridized carbons (Fsp3) is 0.800. The SMILES string of the molecule is CCNC1CCCc2sc(N3CC4CCC3C4)nc21. The van der Waals surface area contributed by atoms with Crippen LogP contribution in [0.1, 0.15) is 55.6 Å². The molecule has 2 bridgehead atoms. The summed E-state index contributed by atoms with van der Waals surface area (Å²) in [5, 5.41) is 4.93. The second-order valence-electron chi connectivity index (χ2n) is 6.29. The minimum atomic E-state index is 0.513. The van der Waals surface area contributed by atoms with Crippen LogP contribution in [0.15, 0.2) is 0 Å². The number of piperidine rings is 1. The Morgan fingerprint density at radius 1 is 1.37 bits per heavy atom. The molecule has 2 aliphatic carbocycles. The summed E-state index contributed by atoms with van der Waals surface area (Å²) in [6.07, 6.45) is 8.09. The van der Waals surface area contributed by atoms with Crippen molar-refractivity contribution in [1.82, 2.24) is 10.3 Å². The molecule has 1 saturated carbocycles. The Balaban J connectivity index is 1.61. The minimum absolute atomic E-state index is 0.513. The lowest BCUT2D eigenvalue weighted by atomic mass is 9.98. The monoisotopic (exact) mass is 277 g/mol. The first kappa shape index (κ1) is 12.2. The maximum absolute atomic E-state index is 5.03. The number of aromatic nitrogens is 1. The third-order valence-electron chi connectivity index (χ3n) is 5.05. The highest BCUT2D eigenvalue weighted by atomic mass is 32.1. The average Bonchev–Trinajstić information content (AvgIpc) is 3.13. The van der Waals surface area contributed by atoms with Gasteiger partial charge in [-0.05, 0) is 51.0 Å². The zero-order valence-corrected chi connectivity index (χ0v) is 12.5. The van der Waals surface area contributed by atoms with Crippen LogP contribution in [0.25, 0.3) is 0 Å². The van der Waals surface area contributed by atoms with Gasteiger partial charge in [-0.2, -0.15) is 0 Å². The maximum atomic E-state index is 5.03. The third-order valence-corrected chi connectivity index (χ3v) is 6.22. The second-order valence-corrected chi connectivity index (χ2v) is 7.35. The minimum Gasteiger partial charge on any atom is -0.345 e. The van der Waals surface area contributed by atoms with Gasteiger partial charge in [0.1, 0.15) is 0 Å². The summed E-state index contributed by atoms with van der Waals surface area (Å²) < 4.78 is 0. The number of fused-ring (bicyclic) bond motifs is 3. The summed E-state index contributed by atoms with van der Waals surface area (Å²) in [5.41, 5.74) is 1.37. The lowest BCUT2D eigenvalue weighted by Gasteiger charge is -2.26. The van der Waals surface area contributed by atoms with Crippen LogP contribution in [-0.2, 0) is 6.42 Å². The molecule has 3 unspecified atom stereocenters. The van der Waals surface area contributed by atoms with Crippen LogP contribution < -0.4 is 10.2 Å². The van der Waals surface area contributed by atoms with Crippen molar-refractivity contribution in [3.05, 3.63) is 10.6 Å². The van der Waals surface area contributed by atoms with Gasteiger partial charge in [0.05, 0.1) is 11.7 Å². The Labute approximate surface area is 119 Å². The molecule has 3 atom stereocenters. The molecule has 2 heterocycles. The van der Waals surface area contributed by atoms with Crippen molar-refractivity contribution in [2.45, 2.75) is 57.5 Å². The molecule has 0 spiro atoms. The normalized spacial score (nSPS) is 32.9. The first-order valence-electron chi connectivity index (χ1n) is 7.84. The number of nitrogens with one attached hydrogen (secondary N) is 1. The van der Waals surface area contributed by atoms with E-state index in [1.807, 2.05) is 11.3 Å². The van der Waals surface area contributed by atoms with Crippen molar-refractivity contribution < 1.29 is 0 Å². The lowest BCUT2D eigenvalue weighted by Crippen LogP contribution is -2.31. The van der Waals surface area contributed by atoms with E-state index in [1.165, 1.54) is 55.9 Å². The molecule has 1 aliphatic heterocycles. The van der Waals surface area contributed by atoms with Gasteiger partial charge >= 0.3 is 0 Å². The molecule has 3 aliphatic rings. The predicted octanol–water partition coefficient (Wildman–Crippen LogP) is 3.12. The second kappa shape index (κ2) is 4.74. The Hall–Kier alpha value is -0.610. The number of nitrogens with zero attached hydrogens (tertiary/aromatic N) is 2. The Morgan fingerprint density at radius 3 is 3.05 bits per heavy atom. The Kier molecular flexibility index (Phi) is 3.03. The van der Waals surface area contributed by atoms with Crippen LogP contribution in [-0.4, -0.2) is 24.1 Å². The summed E-state index contributed by atoms with van der Waals surface area (Å²) >= 11 is 1.98. The van der Waals surface area contributed by atoms with Gasteiger partial charge in [-0.3, -0.25) is 0 Å². The van der Waals surface area contributed by atoms with Crippen LogP contribution >= 0.6 is 11.3 Å². The quantitative estimate of drug-likeness (QED) is 0.920. The van der Waals surface area contributed by atoms with Crippen molar-refractivity contribution in [3.8, 4) is 0 Å². The van der Waals surface area contributed by atoms with E-state index in [0.29, 0.717) is 6.04 Å². The number of hydrogen-bond acceptors (Lipinski definition) is 4. The van der Waals surface area contributed by atoms with Gasteiger partial charge in [-0.25, -0.2) is 4.98 Å². The summed E-state index contributed by atoms with van der Waals surface area (Å²) in [6.45, 7) is 4.51. The molecule has 0 aromatic carbocycles. The molecular weight excluding hydrogens is 254 g/mol. The van der Waals surface area contributed by atoms with Gasteiger partial charge < -0.3 is 10.2 Å². The number of aryl methyl sites for hydroxylation is 1. The van der Waals surface area contributed by atoms with Gasteiger partial charge in [0.2, 0.25) is 0 Å². The van der Waals surface area contributed by atoms with Crippen molar-refractivity contribution in [2.24, 2.45) is 5.92 Å². The molecule has 4 heteroatoms. The molecule has 1 aromatic rings. The van der Waals surface area contributed by atoms with Gasteiger partial charge in [0, 0.05) is 17.5 Å². The highest BCUT2D eigenvalue weighted by molar-refractivity contribution is 7.15. The molecule has 3 nitrogen and oxygen atoms in total. The fourth-order valence-corrected chi connectivity index (χ4v) is 5.38. The Bertz CT molecular complexity index is 470. The fourth-order valence-electron chi connectivity index (χ4n) is 4.13. The van der Waals surface area contributed by atoms with Gasteiger partial charge in [0.25, 0.3) is 0 Å². The van der Waals surface area contributed by atoms with Gasteiger partial charge in [-0.1, -0.05) is 6.92 Å². The Morgan fingerprint density at radius 2 is 2.32 bits per heavy atom. The van der Waals surface area contributed by atoms with Crippen molar-refractivity contribution in [2.75, 3.05) is 18.0 Å². The molecule has 1 saturated heterocycles. The topological polar surface area (TPSA) is 28.2 Å². The molecule has 1 aromatic heterocycles. The average molecular weight is 277 g/mol. The highest BCUT2D eigenvalue weighted by Crippen LogP contribution is 2.44. The summed E-state index contributed by atoms with van der Waals surface area (Å²) in [6, 6.07) is 1.31. The van der Waals surface area contributed by atoms with Gasteiger partial charge in [-0.15, -0.1) is 11.3 Å². The van der Waals surface area contributed by atoms with Crippen LogP contribution in [0.3, 0.4) is 0 Å². The van der Waals surface area contributed by atoms with Crippen LogP contribution in [0, 0.1) is 5.92 Å². The number of hydrogen-bond donors (Lipinski definition) is 1. The van der Waals surface area contributed by atoms with E-state index < -0.39 is 0 Å². The van der Waals surface area contributed by atoms with E-state index >= 15 is 0 Å². The molecule has 104 valence electrons. The smallest absolute Gasteiger partial charge is 0.186 e. The van der Waals surface area contributed by atoms with Crippen molar-refractivity contribution in [1.29, 1.82) is 0 Å². The summed E-state index contributed by atoms with van der Waals surface area (Å²) in [5.74, 6) is 0.954. The summed E-state index contributed by atoms with van der Waals surface area (Å²) in [4.78, 5) is 9.20. The first-order chi connectivity index (χ1) is 9.35. The zero-order chi connectivity index (χ0) is 12.8. The van der Waals surface area contributed by atoms with E-state index in [9.17, 15) is 0 Å². The number of rotatable bonds is 3. The molecular formula is C15H23N3S. The summed E-state index contributed by atoms with van der Waals surface area (Å²) in [7, 11) is 0. The molecule has 2 fully saturated rings. The van der Waals surface area contributed by atoms with Crippen molar-refractivity contribution >= 4 is 16.5 Å². The van der Waals surface area contributed by atoms with Gasteiger partial charge in [0.15, 0.2) is 5.13 Å². The number of anilines is 1. The van der Waals surface area contributed by atoms with Crippen LogP contribution in [0.2, 0.25) is 0 Å². The maximum Gasteiger partial charge on any atom is 0.186 e. The van der Waals surface area contributed by atoms with Crippen molar-refractivity contribution in [3.63, 3.8) is 0 Å². The third kappa shape index (κ3) is 2.00. The van der Waals surface area contributed by atoms with E-state index in [2.05, 4.69) is 17.1 Å². The van der Waals surface area contributed by atoms with E-state index in [0.717, 1.165) is 18.5 Å². The molecule has 0 amide bonds. The van der Waals surface area contributed by atoms with Crippen LogP contribution in [0.5, 0.6) is 0 Å². The molecule has 0 radical (unpaired) electrons. The standard InChI is InChI=1S/C15H23N3S/c1-2-16-12-4-3-5-13-14(12)17-15(19-13)18-9-10-6-7-11(18)8-10/h10-12,16H,2-9H2,1H3. The molecule has 19 heavy (non-hydrogen) atoms. The molecule has 4 rings (SSSR count). The zero-order valence-electron chi connectivity index (χ0n) is 11.7. The predicted molar refractivity (Wildman–Crippen MR) is 79.9 cm³/mol. The van der Waals surface area contributed by atoms with E-state index in [1.54, 1.807) is 4.88 Å².